The van der Waals surface area contributed by atoms with E-state index in [1.165, 1.54) is 24.1 Å². The predicted octanol–water partition coefficient (Wildman–Crippen LogP) is 3.82. The normalized spacial score (nSPS) is 23.2. The first-order chi connectivity index (χ1) is 9.24. The molecule has 0 saturated carbocycles. The van der Waals surface area contributed by atoms with Crippen molar-refractivity contribution in [2.24, 2.45) is 0 Å². The molecule has 1 aromatic heterocycles. The van der Waals surface area contributed by atoms with Crippen molar-refractivity contribution < 1.29 is 8.81 Å². The van der Waals surface area contributed by atoms with Gasteiger partial charge in [0, 0.05) is 5.92 Å². The molecule has 1 aliphatic carbocycles. The standard InChI is InChI=1S/C15H15FN2O/c1-10-2-7-13(15-18-17-9-19-15)14(8-10)11-3-5-12(16)6-4-11/h2-6,9,13-14H,7-8H2,1H3/t13-,14-/m1/s1. The fourth-order valence-corrected chi connectivity index (χ4v) is 2.74. The lowest BCUT2D eigenvalue weighted by molar-refractivity contribution is 0.391. The zero-order chi connectivity index (χ0) is 13.2. The van der Waals surface area contributed by atoms with E-state index in [2.05, 4.69) is 23.2 Å². The Bertz CT molecular complexity index is 575. The fraction of sp³-hybridized carbons (Fsp3) is 0.333. The lowest BCUT2D eigenvalue weighted by atomic mass is 9.76. The first-order valence-electron chi connectivity index (χ1n) is 6.41. The minimum absolute atomic E-state index is 0.177. The minimum atomic E-state index is -0.207. The van der Waals surface area contributed by atoms with E-state index in [1.807, 2.05) is 12.1 Å². The van der Waals surface area contributed by atoms with Gasteiger partial charge in [-0.1, -0.05) is 23.8 Å². The van der Waals surface area contributed by atoms with E-state index in [9.17, 15) is 4.39 Å². The summed E-state index contributed by atoms with van der Waals surface area (Å²) < 4.78 is 18.4. The van der Waals surface area contributed by atoms with Crippen LogP contribution in [0.25, 0.3) is 0 Å². The lowest BCUT2D eigenvalue weighted by Crippen LogP contribution is -2.16. The molecule has 0 unspecified atom stereocenters. The van der Waals surface area contributed by atoms with Gasteiger partial charge in [-0.25, -0.2) is 4.39 Å². The summed E-state index contributed by atoms with van der Waals surface area (Å²) in [6, 6.07) is 6.71. The highest BCUT2D eigenvalue weighted by Gasteiger charge is 2.30. The van der Waals surface area contributed by atoms with Crippen molar-refractivity contribution in [3.8, 4) is 0 Å². The third-order valence-corrected chi connectivity index (χ3v) is 3.74. The Balaban J connectivity index is 1.96. The summed E-state index contributed by atoms with van der Waals surface area (Å²) in [5.41, 5.74) is 2.47. The van der Waals surface area contributed by atoms with E-state index in [1.54, 1.807) is 0 Å². The summed E-state index contributed by atoms with van der Waals surface area (Å²) in [5.74, 6) is 0.905. The van der Waals surface area contributed by atoms with Gasteiger partial charge in [0.15, 0.2) is 0 Å². The molecular formula is C15H15FN2O. The molecule has 2 aromatic rings. The van der Waals surface area contributed by atoms with Gasteiger partial charge in [0.05, 0.1) is 0 Å². The van der Waals surface area contributed by atoms with E-state index < -0.39 is 0 Å². The maximum Gasteiger partial charge on any atom is 0.220 e. The Kier molecular flexibility index (Phi) is 3.15. The second-order valence-corrected chi connectivity index (χ2v) is 5.03. The zero-order valence-corrected chi connectivity index (χ0v) is 10.7. The second-order valence-electron chi connectivity index (χ2n) is 5.03. The van der Waals surface area contributed by atoms with E-state index in [0.29, 0.717) is 5.89 Å². The number of hydrogen-bond acceptors (Lipinski definition) is 3. The molecule has 98 valence electrons. The van der Waals surface area contributed by atoms with Crippen LogP contribution in [0.5, 0.6) is 0 Å². The minimum Gasteiger partial charge on any atom is -0.428 e. The van der Waals surface area contributed by atoms with E-state index >= 15 is 0 Å². The van der Waals surface area contributed by atoms with Crippen molar-refractivity contribution >= 4 is 0 Å². The Hall–Kier alpha value is -1.97. The quantitative estimate of drug-likeness (QED) is 0.769. The third-order valence-electron chi connectivity index (χ3n) is 3.74. The average Bonchev–Trinajstić information content (AvgIpc) is 2.93. The summed E-state index contributed by atoms with van der Waals surface area (Å²) in [5, 5.41) is 7.80. The van der Waals surface area contributed by atoms with Gasteiger partial charge < -0.3 is 4.42 Å². The first kappa shape index (κ1) is 12.1. The molecule has 0 aliphatic heterocycles. The van der Waals surface area contributed by atoms with Crippen LogP contribution in [-0.4, -0.2) is 10.2 Å². The Morgan fingerprint density at radius 2 is 2.00 bits per heavy atom. The Morgan fingerprint density at radius 1 is 1.21 bits per heavy atom. The van der Waals surface area contributed by atoms with Gasteiger partial charge in [0.2, 0.25) is 12.3 Å². The number of halogens is 1. The Morgan fingerprint density at radius 3 is 2.68 bits per heavy atom. The summed E-state index contributed by atoms with van der Waals surface area (Å²) in [6.07, 6.45) is 5.41. The molecule has 2 atom stereocenters. The second kappa shape index (κ2) is 4.96. The van der Waals surface area contributed by atoms with Gasteiger partial charge in [0.25, 0.3) is 0 Å². The molecular weight excluding hydrogens is 243 g/mol. The molecule has 0 saturated heterocycles. The first-order valence-corrected chi connectivity index (χ1v) is 6.41. The van der Waals surface area contributed by atoms with Crippen LogP contribution >= 0.6 is 0 Å². The van der Waals surface area contributed by atoms with Crippen LogP contribution in [0, 0.1) is 5.82 Å². The number of hydrogen-bond donors (Lipinski definition) is 0. The zero-order valence-electron chi connectivity index (χ0n) is 10.7. The summed E-state index contributed by atoms with van der Waals surface area (Å²) in [4.78, 5) is 0. The van der Waals surface area contributed by atoms with Crippen molar-refractivity contribution in [3.63, 3.8) is 0 Å². The van der Waals surface area contributed by atoms with Crippen molar-refractivity contribution in [2.45, 2.75) is 31.6 Å². The molecule has 1 heterocycles. The molecule has 19 heavy (non-hydrogen) atoms. The smallest absolute Gasteiger partial charge is 0.220 e. The van der Waals surface area contributed by atoms with Gasteiger partial charge >= 0.3 is 0 Å². The molecule has 0 radical (unpaired) electrons. The lowest BCUT2D eigenvalue weighted by Gasteiger charge is -2.28. The number of nitrogens with zero attached hydrogens (tertiary/aromatic N) is 2. The SMILES string of the molecule is CC1=CC[C@@H](c2nnco2)[C@@H](c2ccc(F)cc2)C1. The predicted molar refractivity (Wildman–Crippen MR) is 69.2 cm³/mol. The summed E-state index contributed by atoms with van der Waals surface area (Å²) >= 11 is 0. The largest absolute Gasteiger partial charge is 0.428 e. The molecule has 0 amide bonds. The molecule has 0 fully saturated rings. The highest BCUT2D eigenvalue weighted by molar-refractivity contribution is 5.28. The maximum absolute atomic E-state index is 13.0. The van der Waals surface area contributed by atoms with Crippen LogP contribution in [0.15, 0.2) is 46.7 Å². The van der Waals surface area contributed by atoms with Crippen LogP contribution in [0.2, 0.25) is 0 Å². The van der Waals surface area contributed by atoms with Crippen molar-refractivity contribution in [3.05, 3.63) is 59.6 Å². The molecule has 0 spiro atoms. The third kappa shape index (κ3) is 2.43. The summed E-state index contributed by atoms with van der Waals surface area (Å²) in [7, 11) is 0. The van der Waals surface area contributed by atoms with Crippen LogP contribution < -0.4 is 0 Å². The van der Waals surface area contributed by atoms with Gasteiger partial charge in [-0.2, -0.15) is 0 Å². The number of allylic oxidation sites excluding steroid dienone is 2. The van der Waals surface area contributed by atoms with E-state index in [4.69, 9.17) is 4.42 Å². The van der Waals surface area contributed by atoms with Crippen LogP contribution in [0.1, 0.15) is 43.1 Å². The van der Waals surface area contributed by atoms with Gasteiger partial charge in [-0.3, -0.25) is 0 Å². The Labute approximate surface area is 111 Å². The molecule has 0 bridgehead atoms. The summed E-state index contributed by atoms with van der Waals surface area (Å²) in [6.45, 7) is 2.13. The van der Waals surface area contributed by atoms with Crippen molar-refractivity contribution in [1.29, 1.82) is 0 Å². The topological polar surface area (TPSA) is 38.9 Å². The molecule has 0 N–H and O–H groups in total. The van der Waals surface area contributed by atoms with Crippen molar-refractivity contribution in [1.82, 2.24) is 10.2 Å². The van der Waals surface area contributed by atoms with Crippen LogP contribution in [0.3, 0.4) is 0 Å². The molecule has 3 rings (SSSR count). The molecule has 1 aromatic carbocycles. The molecule has 1 aliphatic rings. The molecule has 4 heteroatoms. The highest BCUT2D eigenvalue weighted by atomic mass is 19.1. The number of rotatable bonds is 2. The van der Waals surface area contributed by atoms with Crippen LogP contribution in [-0.2, 0) is 0 Å². The number of benzene rings is 1. The van der Waals surface area contributed by atoms with Crippen molar-refractivity contribution in [2.75, 3.05) is 0 Å². The monoisotopic (exact) mass is 258 g/mol. The molecule has 3 nitrogen and oxygen atoms in total. The van der Waals surface area contributed by atoms with Gasteiger partial charge in [-0.05, 0) is 43.4 Å². The average molecular weight is 258 g/mol. The van der Waals surface area contributed by atoms with E-state index in [-0.39, 0.29) is 17.7 Å². The van der Waals surface area contributed by atoms with Gasteiger partial charge in [-0.15, -0.1) is 10.2 Å². The van der Waals surface area contributed by atoms with Gasteiger partial charge in [0.1, 0.15) is 5.82 Å². The number of aromatic nitrogens is 2. The maximum atomic E-state index is 13.0. The van der Waals surface area contributed by atoms with E-state index in [0.717, 1.165) is 18.4 Å². The van der Waals surface area contributed by atoms with Crippen LogP contribution in [0.4, 0.5) is 4.39 Å². The fourth-order valence-electron chi connectivity index (χ4n) is 2.74. The highest BCUT2D eigenvalue weighted by Crippen LogP contribution is 2.42.